The first-order valence-corrected chi connectivity index (χ1v) is 10.3. The van der Waals surface area contributed by atoms with Gasteiger partial charge in [-0.3, -0.25) is 4.99 Å². The van der Waals surface area contributed by atoms with Crippen LogP contribution in [0.5, 0.6) is 11.5 Å². The predicted octanol–water partition coefficient (Wildman–Crippen LogP) is 4.04. The zero-order valence-electron chi connectivity index (χ0n) is 18.4. The van der Waals surface area contributed by atoms with Gasteiger partial charge in [-0.05, 0) is 62.5 Å². The van der Waals surface area contributed by atoms with Crippen LogP contribution >= 0.6 is 24.0 Å². The van der Waals surface area contributed by atoms with Crippen LogP contribution in [0.25, 0.3) is 0 Å². The van der Waals surface area contributed by atoms with E-state index in [1.165, 1.54) is 39.1 Å². The number of benzene rings is 1. The van der Waals surface area contributed by atoms with Crippen molar-refractivity contribution in [2.45, 2.75) is 38.9 Å². The fourth-order valence-electron chi connectivity index (χ4n) is 3.30. The number of ether oxygens (including phenoxy) is 2. The number of alkyl halides is 3. The maximum Gasteiger partial charge on any atom is 0.422 e. The van der Waals surface area contributed by atoms with E-state index < -0.39 is 12.8 Å². The molecule has 1 fully saturated rings. The molecule has 0 aromatic heterocycles. The Morgan fingerprint density at radius 1 is 1.19 bits per heavy atom. The number of rotatable bonds is 9. The second-order valence-corrected chi connectivity index (χ2v) is 7.62. The molecule has 10 heteroatoms. The van der Waals surface area contributed by atoms with Crippen LogP contribution in [0.3, 0.4) is 0 Å². The van der Waals surface area contributed by atoms with E-state index in [0.717, 1.165) is 31.0 Å². The molecule has 6 nitrogen and oxygen atoms in total. The molecule has 0 saturated carbocycles. The molecule has 2 N–H and O–H groups in total. The predicted molar refractivity (Wildman–Crippen MR) is 128 cm³/mol. The van der Waals surface area contributed by atoms with Crippen LogP contribution in [-0.4, -0.2) is 64.0 Å². The van der Waals surface area contributed by atoms with Crippen molar-refractivity contribution in [1.82, 2.24) is 15.5 Å². The molecule has 0 spiro atoms. The lowest BCUT2D eigenvalue weighted by Gasteiger charge is -2.30. The van der Waals surface area contributed by atoms with Crippen molar-refractivity contribution in [3.63, 3.8) is 0 Å². The number of halogens is 4. The van der Waals surface area contributed by atoms with Crippen molar-refractivity contribution in [3.8, 4) is 11.5 Å². The summed E-state index contributed by atoms with van der Waals surface area (Å²) >= 11 is 0. The van der Waals surface area contributed by atoms with Gasteiger partial charge in [0, 0.05) is 20.1 Å². The number of nitrogens with one attached hydrogen (secondary N) is 2. The Bertz CT molecular complexity index is 681. The Labute approximate surface area is 200 Å². The number of nitrogens with zero attached hydrogens (tertiary/aromatic N) is 2. The molecule has 0 bridgehead atoms. The molecule has 0 amide bonds. The Morgan fingerprint density at radius 3 is 2.52 bits per heavy atom. The van der Waals surface area contributed by atoms with Crippen LogP contribution in [-0.2, 0) is 6.54 Å². The fraction of sp³-hybridized carbons (Fsp3) is 0.667. The first kappa shape index (κ1) is 27.6. The standard InChI is InChI=1S/C21H33F3N4O2.HI/c1-16-7-11-28(12-8-16)10-4-9-26-20(25-2)27-14-17-5-6-18(19(13-17)29-3)30-15-21(22,23)24;/h5-6,13,16H,4,7-12,14-15H2,1-3H3,(H2,25,26,27);1H. The van der Waals surface area contributed by atoms with Gasteiger partial charge in [0.25, 0.3) is 0 Å². The highest BCUT2D eigenvalue weighted by atomic mass is 127. The van der Waals surface area contributed by atoms with Gasteiger partial charge in [0.2, 0.25) is 0 Å². The maximum atomic E-state index is 12.4. The van der Waals surface area contributed by atoms with Crippen LogP contribution in [0.15, 0.2) is 23.2 Å². The van der Waals surface area contributed by atoms with Gasteiger partial charge in [-0.2, -0.15) is 13.2 Å². The third kappa shape index (κ3) is 10.6. The van der Waals surface area contributed by atoms with Gasteiger partial charge in [-0.25, -0.2) is 0 Å². The number of methoxy groups -OCH3 is 1. The van der Waals surface area contributed by atoms with E-state index in [4.69, 9.17) is 9.47 Å². The van der Waals surface area contributed by atoms with Crippen LogP contribution in [0.2, 0.25) is 0 Å². The van der Waals surface area contributed by atoms with Gasteiger partial charge in [-0.15, -0.1) is 24.0 Å². The molecule has 1 heterocycles. The summed E-state index contributed by atoms with van der Waals surface area (Å²) in [5.41, 5.74) is 0.844. The van der Waals surface area contributed by atoms with Crippen LogP contribution in [0.1, 0.15) is 31.7 Å². The van der Waals surface area contributed by atoms with E-state index in [0.29, 0.717) is 12.5 Å². The second kappa shape index (κ2) is 13.9. The highest BCUT2D eigenvalue weighted by Crippen LogP contribution is 2.29. The van der Waals surface area contributed by atoms with E-state index in [2.05, 4.69) is 27.4 Å². The quantitative estimate of drug-likeness (QED) is 0.208. The molecule has 1 saturated heterocycles. The summed E-state index contributed by atoms with van der Waals surface area (Å²) in [6, 6.07) is 4.84. The molecule has 0 radical (unpaired) electrons. The van der Waals surface area contributed by atoms with Crippen molar-refractivity contribution in [2.24, 2.45) is 10.9 Å². The van der Waals surface area contributed by atoms with Crippen molar-refractivity contribution in [3.05, 3.63) is 23.8 Å². The highest BCUT2D eigenvalue weighted by molar-refractivity contribution is 14.0. The third-order valence-corrected chi connectivity index (χ3v) is 5.12. The minimum Gasteiger partial charge on any atom is -0.493 e. The summed E-state index contributed by atoms with van der Waals surface area (Å²) < 4.78 is 47.0. The molecule has 2 rings (SSSR count). The Morgan fingerprint density at radius 2 is 1.90 bits per heavy atom. The van der Waals surface area contributed by atoms with Gasteiger partial charge in [0.15, 0.2) is 24.1 Å². The molecule has 1 aliphatic heterocycles. The summed E-state index contributed by atoms with van der Waals surface area (Å²) in [5, 5.41) is 6.50. The number of aliphatic imine (C=N–C) groups is 1. The van der Waals surface area contributed by atoms with Gasteiger partial charge in [-0.1, -0.05) is 13.0 Å². The van der Waals surface area contributed by atoms with Crippen molar-refractivity contribution in [1.29, 1.82) is 0 Å². The molecular formula is C21H34F3IN4O2. The number of piperidine rings is 1. The molecular weight excluding hydrogens is 524 g/mol. The molecule has 1 aromatic rings. The fourth-order valence-corrected chi connectivity index (χ4v) is 3.30. The Balaban J connectivity index is 0.00000480. The van der Waals surface area contributed by atoms with E-state index in [1.54, 1.807) is 19.2 Å². The molecule has 1 aromatic carbocycles. The van der Waals surface area contributed by atoms with Crippen molar-refractivity contribution >= 4 is 29.9 Å². The monoisotopic (exact) mass is 558 g/mol. The summed E-state index contributed by atoms with van der Waals surface area (Å²) in [6.07, 6.45) is -0.801. The average Bonchev–Trinajstić information content (AvgIpc) is 2.72. The third-order valence-electron chi connectivity index (χ3n) is 5.12. The topological polar surface area (TPSA) is 58.1 Å². The van der Waals surface area contributed by atoms with E-state index in [1.807, 2.05) is 0 Å². The van der Waals surface area contributed by atoms with Gasteiger partial charge in [0.1, 0.15) is 0 Å². The van der Waals surface area contributed by atoms with Crippen LogP contribution in [0, 0.1) is 5.92 Å². The number of guanidine groups is 1. The molecule has 0 unspecified atom stereocenters. The number of hydrogen-bond acceptors (Lipinski definition) is 4. The smallest absolute Gasteiger partial charge is 0.422 e. The van der Waals surface area contributed by atoms with Gasteiger partial charge < -0.3 is 25.0 Å². The van der Waals surface area contributed by atoms with Crippen molar-refractivity contribution in [2.75, 3.05) is 46.9 Å². The lowest BCUT2D eigenvalue weighted by Crippen LogP contribution is -2.39. The summed E-state index contributed by atoms with van der Waals surface area (Å²) in [6.45, 7) is 5.67. The van der Waals surface area contributed by atoms with E-state index in [-0.39, 0.29) is 35.5 Å². The molecule has 0 atom stereocenters. The minimum atomic E-state index is -4.39. The largest absolute Gasteiger partial charge is 0.493 e. The van der Waals surface area contributed by atoms with Gasteiger partial charge >= 0.3 is 6.18 Å². The van der Waals surface area contributed by atoms with Crippen LogP contribution < -0.4 is 20.1 Å². The zero-order valence-corrected chi connectivity index (χ0v) is 20.8. The summed E-state index contributed by atoms with van der Waals surface area (Å²) in [5.74, 6) is 1.84. The zero-order chi connectivity index (χ0) is 22.0. The molecule has 1 aliphatic rings. The minimum absolute atomic E-state index is 0. The Kier molecular flexibility index (Phi) is 12.3. The lowest BCUT2D eigenvalue weighted by atomic mass is 9.99. The number of hydrogen-bond donors (Lipinski definition) is 2. The lowest BCUT2D eigenvalue weighted by molar-refractivity contribution is -0.153. The molecule has 0 aliphatic carbocycles. The molecule has 178 valence electrons. The first-order valence-electron chi connectivity index (χ1n) is 10.3. The average molecular weight is 558 g/mol. The normalized spacial score (nSPS) is 15.9. The Hall–Kier alpha value is -1.43. The van der Waals surface area contributed by atoms with E-state index >= 15 is 0 Å². The van der Waals surface area contributed by atoms with Crippen LogP contribution in [0.4, 0.5) is 13.2 Å². The summed E-state index contributed by atoms with van der Waals surface area (Å²) in [7, 11) is 3.10. The maximum absolute atomic E-state index is 12.4. The second-order valence-electron chi connectivity index (χ2n) is 7.62. The SMILES string of the molecule is CN=C(NCCCN1CCC(C)CC1)NCc1ccc(OCC(F)(F)F)c(OC)c1.I. The highest BCUT2D eigenvalue weighted by Gasteiger charge is 2.29. The number of likely N-dealkylation sites (tertiary alicyclic amines) is 1. The van der Waals surface area contributed by atoms with E-state index in [9.17, 15) is 13.2 Å². The van der Waals surface area contributed by atoms with Crippen molar-refractivity contribution < 1.29 is 22.6 Å². The first-order chi connectivity index (χ1) is 14.3. The van der Waals surface area contributed by atoms with Gasteiger partial charge in [0.05, 0.1) is 7.11 Å². The summed E-state index contributed by atoms with van der Waals surface area (Å²) in [4.78, 5) is 6.72. The molecule has 31 heavy (non-hydrogen) atoms.